The Morgan fingerprint density at radius 1 is 0.512 bits per heavy atom. The average Bonchev–Trinajstić information content (AvgIpc) is 3.31. The van der Waals surface area contributed by atoms with Crippen molar-refractivity contribution >= 4 is 40.2 Å². The molecule has 206 valence electrons. The second kappa shape index (κ2) is 9.50. The maximum Gasteiger partial charge on any atom is 0.248 e. The third kappa shape index (κ3) is 3.95. The lowest BCUT2D eigenvalue weighted by Crippen LogP contribution is -2.54. The summed E-state index contributed by atoms with van der Waals surface area (Å²) in [5, 5.41) is 10.5. The van der Waals surface area contributed by atoms with Crippen LogP contribution < -0.4 is 21.3 Å². The third-order valence-corrected chi connectivity index (χ3v) is 9.25. The molecule has 2 aliphatic rings. The zero-order valence-corrected chi connectivity index (χ0v) is 24.9. The lowest BCUT2D eigenvalue weighted by molar-refractivity contribution is 0.477. The number of hydrogen-bond donors (Lipinski definition) is 1. The van der Waals surface area contributed by atoms with Crippen molar-refractivity contribution in [2.45, 2.75) is 27.7 Å². The summed E-state index contributed by atoms with van der Waals surface area (Å²) >= 11 is 0. The van der Waals surface area contributed by atoms with Gasteiger partial charge in [0.2, 0.25) is 6.71 Å². The fraction of sp³-hybridized carbons (Fsp3) is 0.100. The van der Waals surface area contributed by atoms with Gasteiger partial charge in [0.25, 0.3) is 0 Å². The smallest absolute Gasteiger partial charge is 0.248 e. The predicted molar refractivity (Wildman–Crippen MR) is 183 cm³/mol. The number of nitrogens with zero attached hydrogens (tertiary/aromatic N) is 1. The molecule has 0 aliphatic carbocycles. The van der Waals surface area contributed by atoms with Gasteiger partial charge in [0.1, 0.15) is 5.75 Å². The van der Waals surface area contributed by atoms with Crippen LogP contribution in [0.25, 0.3) is 33.4 Å². The van der Waals surface area contributed by atoms with Gasteiger partial charge in [-0.2, -0.15) is 0 Å². The number of benzene rings is 6. The average molecular weight is 554 g/mol. The van der Waals surface area contributed by atoms with E-state index in [0.717, 1.165) is 16.7 Å². The molecule has 3 heteroatoms. The van der Waals surface area contributed by atoms with E-state index in [2.05, 4.69) is 124 Å². The molecule has 2 nitrogen and oxygen atoms in total. The quantitative estimate of drug-likeness (QED) is 0.223. The van der Waals surface area contributed by atoms with Crippen LogP contribution in [0.3, 0.4) is 0 Å². The standard InChI is InChI=1S/C40H32BNO/c1-24-8-7-9-30(18-24)42-37-20-26(3)13-17-36(37)41-35-16-12-25(2)19-33(35)34-22-29(23-38(42)40(34)41)28-14-15-31(27(4)21-28)32-10-5-6-11-39(32)43/h5-23,43H,1-4H3. The van der Waals surface area contributed by atoms with Gasteiger partial charge in [0, 0.05) is 22.6 Å². The maximum atomic E-state index is 10.5. The second-order valence-corrected chi connectivity index (χ2v) is 12.3. The van der Waals surface area contributed by atoms with Crippen molar-refractivity contribution < 1.29 is 5.11 Å². The number of aryl methyl sites for hydroxylation is 4. The largest absolute Gasteiger partial charge is 0.507 e. The molecule has 0 atom stereocenters. The molecular formula is C40H32BNO. The van der Waals surface area contributed by atoms with Crippen LogP contribution in [0.1, 0.15) is 22.3 Å². The van der Waals surface area contributed by atoms with Crippen molar-refractivity contribution in [3.8, 4) is 39.1 Å². The Balaban J connectivity index is 1.40. The van der Waals surface area contributed by atoms with Crippen LogP contribution in [0.4, 0.5) is 17.1 Å². The Bertz CT molecular complexity index is 2110. The Kier molecular flexibility index (Phi) is 5.68. The van der Waals surface area contributed by atoms with Gasteiger partial charge in [-0.25, -0.2) is 0 Å². The van der Waals surface area contributed by atoms with Gasteiger partial charge in [-0.1, -0.05) is 89.9 Å². The van der Waals surface area contributed by atoms with Crippen molar-refractivity contribution in [1.82, 2.24) is 0 Å². The van der Waals surface area contributed by atoms with E-state index < -0.39 is 0 Å². The van der Waals surface area contributed by atoms with Gasteiger partial charge < -0.3 is 10.0 Å². The molecule has 1 N–H and O–H groups in total. The van der Waals surface area contributed by atoms with E-state index in [9.17, 15) is 5.11 Å². The van der Waals surface area contributed by atoms with E-state index in [1.54, 1.807) is 6.07 Å². The minimum atomic E-state index is 0.205. The van der Waals surface area contributed by atoms with Gasteiger partial charge in [-0.3, -0.25) is 0 Å². The molecular weight excluding hydrogens is 521 g/mol. The van der Waals surface area contributed by atoms with Crippen LogP contribution >= 0.6 is 0 Å². The summed E-state index contributed by atoms with van der Waals surface area (Å²) in [5.41, 5.74) is 19.7. The second-order valence-electron chi connectivity index (χ2n) is 12.3. The lowest BCUT2D eigenvalue weighted by Gasteiger charge is -2.36. The number of para-hydroxylation sites is 1. The molecule has 0 radical (unpaired) electrons. The first kappa shape index (κ1) is 25.7. The molecule has 0 unspecified atom stereocenters. The number of phenols is 1. The molecule has 0 aromatic heterocycles. The van der Waals surface area contributed by atoms with Gasteiger partial charge in [0.05, 0.1) is 0 Å². The van der Waals surface area contributed by atoms with Crippen LogP contribution in [0.15, 0.2) is 115 Å². The summed E-state index contributed by atoms with van der Waals surface area (Å²) in [6, 6.07) is 41.8. The van der Waals surface area contributed by atoms with Crippen molar-refractivity contribution in [2.24, 2.45) is 0 Å². The SMILES string of the molecule is Cc1cccc(N2c3cc(C)ccc3B3c4ccc(C)cc4-c4cc(-c5ccc(-c6ccccc6O)c(C)c5)cc2c43)c1. The molecule has 0 bridgehead atoms. The molecule has 6 aromatic rings. The first-order valence-corrected chi connectivity index (χ1v) is 15.0. The summed E-state index contributed by atoms with van der Waals surface area (Å²) in [6.45, 7) is 8.88. The molecule has 8 rings (SSSR count). The Hall–Kier alpha value is -5.02. The van der Waals surface area contributed by atoms with Crippen LogP contribution in [-0.4, -0.2) is 11.8 Å². The van der Waals surface area contributed by atoms with E-state index in [1.807, 2.05) is 18.2 Å². The normalized spacial score (nSPS) is 12.7. The first-order chi connectivity index (χ1) is 20.9. The predicted octanol–water partition coefficient (Wildman–Crippen LogP) is 8.24. The molecule has 43 heavy (non-hydrogen) atoms. The number of rotatable bonds is 3. The highest BCUT2D eigenvalue weighted by atomic mass is 16.3. The summed E-state index contributed by atoms with van der Waals surface area (Å²) in [5.74, 6) is 0.307. The van der Waals surface area contributed by atoms with Gasteiger partial charge in [0.15, 0.2) is 0 Å². The molecule has 6 aromatic carbocycles. The van der Waals surface area contributed by atoms with E-state index in [1.165, 1.54) is 72.4 Å². The fourth-order valence-corrected chi connectivity index (χ4v) is 7.26. The van der Waals surface area contributed by atoms with Crippen LogP contribution in [0.2, 0.25) is 0 Å². The highest BCUT2D eigenvalue weighted by molar-refractivity contribution is 7.01. The van der Waals surface area contributed by atoms with Crippen molar-refractivity contribution in [1.29, 1.82) is 0 Å². The minimum absolute atomic E-state index is 0.205. The molecule has 0 saturated heterocycles. The Morgan fingerprint density at radius 3 is 2.07 bits per heavy atom. The van der Waals surface area contributed by atoms with Crippen molar-refractivity contribution in [2.75, 3.05) is 4.90 Å². The Morgan fingerprint density at radius 2 is 1.28 bits per heavy atom. The molecule has 0 fully saturated rings. The molecule has 2 aliphatic heterocycles. The zero-order valence-electron chi connectivity index (χ0n) is 24.9. The van der Waals surface area contributed by atoms with E-state index in [4.69, 9.17) is 0 Å². The highest BCUT2D eigenvalue weighted by Gasteiger charge is 2.42. The zero-order chi connectivity index (χ0) is 29.4. The van der Waals surface area contributed by atoms with Crippen molar-refractivity contribution in [3.05, 3.63) is 138 Å². The van der Waals surface area contributed by atoms with Crippen molar-refractivity contribution in [3.63, 3.8) is 0 Å². The monoisotopic (exact) mass is 553 g/mol. The number of aromatic hydroxyl groups is 1. The van der Waals surface area contributed by atoms with E-state index >= 15 is 0 Å². The topological polar surface area (TPSA) is 23.5 Å². The lowest BCUT2D eigenvalue weighted by atomic mass is 9.37. The third-order valence-electron chi connectivity index (χ3n) is 9.25. The van der Waals surface area contributed by atoms with Crippen LogP contribution in [-0.2, 0) is 0 Å². The first-order valence-electron chi connectivity index (χ1n) is 15.0. The van der Waals surface area contributed by atoms with Gasteiger partial charge in [-0.15, -0.1) is 0 Å². The molecule has 0 saturated carbocycles. The minimum Gasteiger partial charge on any atom is -0.507 e. The van der Waals surface area contributed by atoms with Gasteiger partial charge in [-0.05, 0) is 120 Å². The Labute approximate surface area is 254 Å². The van der Waals surface area contributed by atoms with Crippen LogP contribution in [0.5, 0.6) is 5.75 Å². The van der Waals surface area contributed by atoms with Gasteiger partial charge >= 0.3 is 0 Å². The number of anilines is 3. The number of hydrogen-bond acceptors (Lipinski definition) is 2. The summed E-state index contributed by atoms with van der Waals surface area (Å²) in [7, 11) is 0. The van der Waals surface area contributed by atoms with E-state index in [-0.39, 0.29) is 6.71 Å². The molecule has 2 heterocycles. The fourth-order valence-electron chi connectivity index (χ4n) is 7.26. The molecule has 0 spiro atoms. The number of phenolic OH excluding ortho intramolecular Hbond substituents is 1. The van der Waals surface area contributed by atoms with Crippen LogP contribution in [0, 0.1) is 27.7 Å². The molecule has 0 amide bonds. The maximum absolute atomic E-state index is 10.5. The summed E-state index contributed by atoms with van der Waals surface area (Å²) < 4.78 is 0. The van der Waals surface area contributed by atoms with E-state index in [0.29, 0.717) is 5.75 Å². The highest BCUT2D eigenvalue weighted by Crippen LogP contribution is 2.44. The number of fused-ring (bicyclic) bond motifs is 5. The summed E-state index contributed by atoms with van der Waals surface area (Å²) in [6.07, 6.45) is 0. The summed E-state index contributed by atoms with van der Waals surface area (Å²) in [4.78, 5) is 2.48.